The molecule has 2 unspecified atom stereocenters. The number of hydrogen-bond acceptors (Lipinski definition) is 10. The van der Waals surface area contributed by atoms with Crippen molar-refractivity contribution in [1.29, 1.82) is 0 Å². The van der Waals surface area contributed by atoms with Crippen LogP contribution in [-0.2, 0) is 9.59 Å². The molecule has 2 atom stereocenters. The second-order valence-corrected chi connectivity index (χ2v) is 25.2. The van der Waals surface area contributed by atoms with Crippen molar-refractivity contribution in [3.8, 4) is 0 Å². The molecule has 0 spiro atoms. The van der Waals surface area contributed by atoms with Crippen molar-refractivity contribution in [2.24, 2.45) is 0 Å². The van der Waals surface area contributed by atoms with Crippen LogP contribution in [0, 0.1) is 13.8 Å². The van der Waals surface area contributed by atoms with E-state index in [2.05, 4.69) is 27.7 Å². The monoisotopic (exact) mass is 1260 g/mol. The van der Waals surface area contributed by atoms with Gasteiger partial charge in [-0.15, -0.1) is 0 Å². The number of nitrogens with zero attached hydrogens (tertiary/aromatic N) is 2. The summed E-state index contributed by atoms with van der Waals surface area (Å²) in [7, 11) is 0. The Balaban J connectivity index is -0.000000223. The van der Waals surface area contributed by atoms with Gasteiger partial charge in [0.2, 0.25) is 0 Å². The number of carboxylic acids is 2. The van der Waals surface area contributed by atoms with E-state index < -0.39 is 11.9 Å². The average molecular weight is 1250 g/mol. The molecule has 374 valence electrons. The molecule has 10 N–H and O–H groups in total. The quantitative estimate of drug-likeness (QED) is 0.0360. The van der Waals surface area contributed by atoms with Gasteiger partial charge in [0.05, 0.1) is 39.6 Å². The first-order valence-corrected chi connectivity index (χ1v) is 34.3. The summed E-state index contributed by atoms with van der Waals surface area (Å²) in [5, 5.41) is 70.0. The largest absolute Gasteiger partial charge is 0.412 e. The van der Waals surface area contributed by atoms with Crippen LogP contribution in [0.5, 0.6) is 0 Å². The normalized spacial score (nSPS) is 11.1. The van der Waals surface area contributed by atoms with Crippen LogP contribution >= 0.6 is 0 Å². The van der Waals surface area contributed by atoms with E-state index in [0.717, 1.165) is 22.3 Å². The van der Waals surface area contributed by atoms with E-state index >= 15 is 0 Å². The van der Waals surface area contributed by atoms with Crippen molar-refractivity contribution in [2.75, 3.05) is 78.9 Å². The SMILES string of the molecule is CCC[CH2][Sn][CH2]CCC.CCC[CH2][Sn][CH2]CCC.Cc1ccc(C([CH2][Ge])C(=O)O)cc1.Cc1ccc(C([CH2][Ge])C(=O)O)cc1.O.OCCN(CCO)CCO.OCCN(CCO)CCO. The molecular weight excluding hydrogens is 1160 g/mol. The maximum absolute atomic E-state index is 10.8. The van der Waals surface area contributed by atoms with Crippen LogP contribution in [0.4, 0.5) is 0 Å². The van der Waals surface area contributed by atoms with Gasteiger partial charge < -0.3 is 36.1 Å². The molecule has 10 radical (unpaired) electrons. The summed E-state index contributed by atoms with van der Waals surface area (Å²) in [5.41, 5.74) is 4.09. The summed E-state index contributed by atoms with van der Waals surface area (Å²) >= 11 is 4.07. The van der Waals surface area contributed by atoms with Gasteiger partial charge in [0, 0.05) is 39.3 Å². The zero-order valence-corrected chi connectivity index (χ0v) is 50.9. The third-order valence-electron chi connectivity index (χ3n) is 9.29. The van der Waals surface area contributed by atoms with Gasteiger partial charge in [-0.1, -0.05) is 0 Å². The maximum Gasteiger partial charge on any atom is 0.0558 e. The number of aryl methyl sites for hydroxylation is 2. The summed E-state index contributed by atoms with van der Waals surface area (Å²) in [5.74, 6) is -2.21. The Kier molecular flexibility index (Phi) is 65.8. The van der Waals surface area contributed by atoms with Crippen molar-refractivity contribution in [3.05, 3.63) is 70.8 Å². The van der Waals surface area contributed by atoms with E-state index in [9.17, 15) is 9.59 Å². The van der Waals surface area contributed by atoms with Crippen molar-refractivity contribution in [3.63, 3.8) is 0 Å². The second-order valence-electron chi connectivity index (χ2n) is 15.0. The van der Waals surface area contributed by atoms with Gasteiger partial charge in [0.1, 0.15) is 0 Å². The Morgan fingerprint density at radius 1 is 0.477 bits per heavy atom. The molecule has 0 aliphatic carbocycles. The van der Waals surface area contributed by atoms with Crippen LogP contribution in [0.2, 0.25) is 28.3 Å². The van der Waals surface area contributed by atoms with Crippen LogP contribution in [0.1, 0.15) is 113 Å². The minimum Gasteiger partial charge on any atom is -0.412 e. The predicted octanol–water partition coefficient (Wildman–Crippen LogP) is 5.46. The summed E-state index contributed by atoms with van der Waals surface area (Å²) < 4.78 is 6.50. The molecule has 0 bridgehead atoms. The zero-order chi connectivity index (χ0) is 49.2. The minimum atomic E-state index is -0.744. The molecule has 0 heterocycles. The number of carbonyl (C=O) groups is 2. The third kappa shape index (κ3) is 49.9. The van der Waals surface area contributed by atoms with E-state index in [1.54, 1.807) is 27.5 Å². The Hall–Kier alpha value is -0.297. The number of aliphatic hydroxyl groups excluding tert-OH is 6. The summed E-state index contributed by atoms with van der Waals surface area (Å²) in [6.07, 6.45) is 11.7. The van der Waals surface area contributed by atoms with Crippen LogP contribution in [0.3, 0.4) is 0 Å². The number of carboxylic acid groups (broad SMARTS) is 2. The van der Waals surface area contributed by atoms with Crippen LogP contribution in [0.15, 0.2) is 48.5 Å². The van der Waals surface area contributed by atoms with Gasteiger partial charge in [-0.2, -0.15) is 0 Å². The van der Waals surface area contributed by atoms with E-state index in [0.29, 0.717) is 49.8 Å². The molecular formula is C48H90Ge2N2O11Sn2. The minimum absolute atomic E-state index is 0. The van der Waals surface area contributed by atoms with Crippen LogP contribution in [-0.4, -0.2) is 222 Å². The van der Waals surface area contributed by atoms with Gasteiger partial charge in [0.25, 0.3) is 0 Å². The fraction of sp³-hybridized carbons (Fsp3) is 0.708. The van der Waals surface area contributed by atoms with Gasteiger partial charge in [-0.05, 0) is 0 Å². The molecule has 0 amide bonds. The first-order valence-electron chi connectivity index (χ1n) is 23.2. The van der Waals surface area contributed by atoms with Crippen molar-refractivity contribution >= 4 is 87.3 Å². The van der Waals surface area contributed by atoms with Crippen molar-refractivity contribution in [1.82, 2.24) is 9.80 Å². The molecule has 13 nitrogen and oxygen atoms in total. The number of hydrogen-bond donors (Lipinski definition) is 8. The molecule has 65 heavy (non-hydrogen) atoms. The molecule has 0 saturated heterocycles. The molecule has 0 aromatic heterocycles. The molecule has 17 heteroatoms. The second kappa shape index (κ2) is 58.0. The maximum atomic E-state index is 10.8. The van der Waals surface area contributed by atoms with Crippen LogP contribution in [0.25, 0.3) is 0 Å². The summed E-state index contributed by atoms with van der Waals surface area (Å²) in [4.78, 5) is 25.2. The molecule has 0 saturated carbocycles. The smallest absolute Gasteiger partial charge is 0.0558 e. The first-order chi connectivity index (χ1) is 30.8. The van der Waals surface area contributed by atoms with Gasteiger partial charge >= 0.3 is 311 Å². The average Bonchev–Trinajstić information content (AvgIpc) is 3.27. The van der Waals surface area contributed by atoms with E-state index in [1.165, 1.54) is 51.4 Å². The van der Waals surface area contributed by atoms with Gasteiger partial charge in [-0.25, -0.2) is 0 Å². The molecule has 0 aliphatic heterocycles. The summed E-state index contributed by atoms with van der Waals surface area (Å²) in [6, 6.07) is 15.3. The Labute approximate surface area is 432 Å². The molecule has 2 rings (SSSR count). The number of unbranched alkanes of at least 4 members (excludes halogenated alkanes) is 4. The topological polar surface area (TPSA) is 234 Å². The van der Waals surface area contributed by atoms with E-state index in [1.807, 2.05) is 95.4 Å². The standard InChI is InChI=1S/2C10H11GeO2.2C6H15NO3.4C4H9.H2O.2Sn/c2*1-7-2-4-8(5-3-7)9(6-11)10(12)13;2*8-4-1-7(2-5-9)3-6-10;4*1-3-4-2;;;/h2*2-5,9H,6H2,1H3,(H,12,13);2*8-10H,1-6H2;4*1,3-4H2,2H3;1H2;;. The van der Waals surface area contributed by atoms with Crippen molar-refractivity contribution in [2.45, 2.75) is 133 Å². The van der Waals surface area contributed by atoms with E-state index in [-0.39, 0.29) is 99.2 Å². The Morgan fingerprint density at radius 2 is 0.692 bits per heavy atom. The van der Waals surface area contributed by atoms with Crippen LogP contribution < -0.4 is 0 Å². The molecule has 2 aromatic rings. The fourth-order valence-electron chi connectivity index (χ4n) is 5.27. The van der Waals surface area contributed by atoms with Crippen molar-refractivity contribution < 1.29 is 55.9 Å². The zero-order valence-electron chi connectivity index (χ0n) is 40.9. The summed E-state index contributed by atoms with van der Waals surface area (Å²) in [6.45, 7) is 16.7. The first kappa shape index (κ1) is 73.7. The third-order valence-corrected chi connectivity index (χ3v) is 19.1. The van der Waals surface area contributed by atoms with Gasteiger partial charge in [0.15, 0.2) is 0 Å². The molecule has 0 aliphatic rings. The number of aliphatic hydroxyl groups is 6. The Bertz CT molecular complexity index is 1120. The van der Waals surface area contributed by atoms with E-state index in [4.69, 9.17) is 40.9 Å². The Morgan fingerprint density at radius 3 is 0.846 bits per heavy atom. The number of aliphatic carboxylic acids is 2. The predicted molar refractivity (Wildman–Crippen MR) is 274 cm³/mol. The number of benzene rings is 2. The molecule has 0 fully saturated rings. The van der Waals surface area contributed by atoms with Gasteiger partial charge in [-0.3, -0.25) is 9.80 Å². The fourth-order valence-corrected chi connectivity index (χ4v) is 15.3. The number of rotatable bonds is 30. The molecule has 2 aromatic carbocycles.